The third-order valence-corrected chi connectivity index (χ3v) is 6.69. The Hall–Kier alpha value is -4.98. The highest BCUT2D eigenvalue weighted by Crippen LogP contribution is 2.48. The highest BCUT2D eigenvalue weighted by molar-refractivity contribution is 6.10. The summed E-state index contributed by atoms with van der Waals surface area (Å²) in [5.41, 5.74) is -1.35. The Morgan fingerprint density at radius 2 is 1.61 bits per heavy atom. The van der Waals surface area contributed by atoms with Crippen LogP contribution in [0.5, 0.6) is 0 Å². The van der Waals surface area contributed by atoms with E-state index in [0.29, 0.717) is 16.7 Å². The molecule has 1 atom stereocenters. The summed E-state index contributed by atoms with van der Waals surface area (Å²) >= 11 is 0. The summed E-state index contributed by atoms with van der Waals surface area (Å²) in [7, 11) is 0. The average Bonchev–Trinajstić information content (AvgIpc) is 3.29. The molecule has 38 heavy (non-hydrogen) atoms. The van der Waals surface area contributed by atoms with Gasteiger partial charge in [-0.25, -0.2) is 4.79 Å². The van der Waals surface area contributed by atoms with Gasteiger partial charge in [-0.1, -0.05) is 18.2 Å². The van der Waals surface area contributed by atoms with Gasteiger partial charge in [0.1, 0.15) is 5.54 Å². The number of halogens is 3. The van der Waals surface area contributed by atoms with Crippen molar-refractivity contribution in [3.63, 3.8) is 0 Å². The highest BCUT2D eigenvalue weighted by atomic mass is 19.4. The number of allylic oxidation sites excluding steroid dienone is 1. The number of nitriles is 1. The van der Waals surface area contributed by atoms with E-state index in [-0.39, 0.29) is 41.3 Å². The van der Waals surface area contributed by atoms with Gasteiger partial charge in [0.25, 0.3) is 5.69 Å². The number of nitro benzene ring substituents is 1. The van der Waals surface area contributed by atoms with E-state index >= 15 is 0 Å². The number of anilines is 1. The third kappa shape index (κ3) is 3.87. The first-order valence-corrected chi connectivity index (χ1v) is 11.4. The Kier molecular flexibility index (Phi) is 5.75. The Morgan fingerprint density at radius 3 is 2.18 bits per heavy atom. The molecule has 1 aliphatic carbocycles. The zero-order valence-electron chi connectivity index (χ0n) is 19.5. The second-order valence-corrected chi connectivity index (χ2v) is 8.80. The Labute approximate surface area is 213 Å². The molecule has 0 saturated carbocycles. The van der Waals surface area contributed by atoms with Gasteiger partial charge in [0, 0.05) is 29.8 Å². The van der Waals surface area contributed by atoms with Gasteiger partial charge in [-0.05, 0) is 60.0 Å². The fourth-order valence-electron chi connectivity index (χ4n) is 5.02. The summed E-state index contributed by atoms with van der Waals surface area (Å²) in [6.45, 7) is 0. The summed E-state index contributed by atoms with van der Waals surface area (Å²) in [6.07, 6.45) is -4.53. The van der Waals surface area contributed by atoms with Gasteiger partial charge in [-0.3, -0.25) is 19.8 Å². The first kappa shape index (κ1) is 24.7. The van der Waals surface area contributed by atoms with Crippen LogP contribution in [0.4, 0.5) is 29.3 Å². The summed E-state index contributed by atoms with van der Waals surface area (Å²) < 4.78 is 40.3. The van der Waals surface area contributed by atoms with Crippen LogP contribution in [0.15, 0.2) is 84.1 Å². The van der Waals surface area contributed by atoms with E-state index < -0.39 is 28.2 Å². The molecule has 0 bridgehead atoms. The molecule has 2 amide bonds. The lowest BCUT2D eigenvalue weighted by molar-refractivity contribution is -0.384. The zero-order chi connectivity index (χ0) is 27.2. The number of alkyl halides is 3. The van der Waals surface area contributed by atoms with Crippen molar-refractivity contribution in [2.45, 2.75) is 24.6 Å². The summed E-state index contributed by atoms with van der Waals surface area (Å²) in [5.74, 6) is -0.334. The van der Waals surface area contributed by atoms with Crippen molar-refractivity contribution in [3.8, 4) is 6.07 Å². The molecule has 3 aromatic rings. The number of nitrogens with one attached hydrogen (secondary N) is 1. The number of ketones is 1. The quantitative estimate of drug-likeness (QED) is 0.358. The highest BCUT2D eigenvalue weighted by Gasteiger charge is 2.52. The number of benzene rings is 3. The number of hydrogen-bond donors (Lipinski definition) is 1. The van der Waals surface area contributed by atoms with Crippen LogP contribution in [-0.2, 0) is 16.5 Å². The number of carbonyl (C=O) groups excluding carboxylic acids is 2. The zero-order valence-corrected chi connectivity index (χ0v) is 19.5. The van der Waals surface area contributed by atoms with Crippen molar-refractivity contribution in [1.29, 1.82) is 5.26 Å². The van der Waals surface area contributed by atoms with Gasteiger partial charge >= 0.3 is 12.2 Å². The number of nitrogens with zero attached hydrogens (tertiary/aromatic N) is 3. The van der Waals surface area contributed by atoms with Crippen molar-refractivity contribution < 1.29 is 27.7 Å². The number of rotatable bonds is 4. The molecule has 3 aromatic carbocycles. The lowest BCUT2D eigenvalue weighted by atomic mass is 9.74. The van der Waals surface area contributed by atoms with E-state index in [1.807, 2.05) is 6.07 Å². The number of hydrogen-bond acceptors (Lipinski definition) is 5. The molecule has 1 heterocycles. The largest absolute Gasteiger partial charge is 0.416 e. The van der Waals surface area contributed by atoms with Crippen LogP contribution in [0.25, 0.3) is 0 Å². The van der Waals surface area contributed by atoms with Crippen molar-refractivity contribution in [2.75, 3.05) is 4.90 Å². The molecular weight excluding hydrogens is 501 g/mol. The van der Waals surface area contributed by atoms with Crippen molar-refractivity contribution in [2.24, 2.45) is 0 Å². The topological polar surface area (TPSA) is 116 Å². The molecule has 1 N–H and O–H groups in total. The van der Waals surface area contributed by atoms with Crippen LogP contribution in [-0.4, -0.2) is 16.7 Å². The van der Waals surface area contributed by atoms with Crippen molar-refractivity contribution in [3.05, 3.63) is 116 Å². The van der Waals surface area contributed by atoms with Crippen LogP contribution >= 0.6 is 0 Å². The molecule has 190 valence electrons. The first-order chi connectivity index (χ1) is 18.1. The SMILES string of the molecule is N#Cc1ccc(C2(c3ccc([N+](=O)[O-])cc3)NC(=O)N(c3cccc(C(F)(F)F)c3)C3=C2C(=O)CC3)cc1. The number of carbonyl (C=O) groups is 2. The van der Waals surface area contributed by atoms with Crippen molar-refractivity contribution in [1.82, 2.24) is 5.32 Å². The molecule has 0 radical (unpaired) electrons. The Morgan fingerprint density at radius 1 is 0.974 bits per heavy atom. The molecule has 1 aliphatic heterocycles. The Bertz CT molecular complexity index is 1560. The van der Waals surface area contributed by atoms with Crippen LogP contribution in [0, 0.1) is 21.4 Å². The predicted molar refractivity (Wildman–Crippen MR) is 129 cm³/mol. The standard InChI is InChI=1S/C27H17F3N4O4/c28-27(29,30)19-2-1-3-21(14-19)33-22-12-13-23(35)24(22)26(32-25(33)36,17-6-4-16(15-31)5-7-17)18-8-10-20(11-9-18)34(37)38/h1-11,14H,12-13H2,(H,32,36). The molecule has 8 nitrogen and oxygen atoms in total. The van der Waals surface area contributed by atoms with E-state index in [1.165, 1.54) is 48.5 Å². The smallest absolute Gasteiger partial charge is 0.319 e. The average molecular weight is 518 g/mol. The van der Waals surface area contributed by atoms with Gasteiger partial charge in [0.2, 0.25) is 0 Å². The normalized spacial score (nSPS) is 19.2. The van der Waals surface area contributed by atoms with E-state index in [0.717, 1.165) is 17.0 Å². The van der Waals surface area contributed by atoms with Gasteiger partial charge in [-0.15, -0.1) is 0 Å². The van der Waals surface area contributed by atoms with Gasteiger partial charge < -0.3 is 5.32 Å². The number of Topliss-reactive ketones (excluding diaryl/α,β-unsaturated/α-hetero) is 1. The number of urea groups is 1. The molecule has 0 saturated heterocycles. The van der Waals surface area contributed by atoms with Gasteiger partial charge in [-0.2, -0.15) is 18.4 Å². The fraction of sp³-hybridized carbons (Fsp3) is 0.148. The molecule has 1 unspecified atom stereocenters. The van der Waals surface area contributed by atoms with Gasteiger partial charge in [0.05, 0.1) is 27.8 Å². The minimum absolute atomic E-state index is 0.0140. The molecule has 0 fully saturated rings. The molecule has 0 aromatic heterocycles. The third-order valence-electron chi connectivity index (χ3n) is 6.69. The lowest BCUT2D eigenvalue weighted by Crippen LogP contribution is -2.58. The molecule has 11 heteroatoms. The van der Waals surface area contributed by atoms with E-state index in [1.54, 1.807) is 12.1 Å². The maximum absolute atomic E-state index is 13.7. The van der Waals surface area contributed by atoms with Gasteiger partial charge in [0.15, 0.2) is 5.78 Å². The van der Waals surface area contributed by atoms with Crippen molar-refractivity contribution >= 4 is 23.2 Å². The monoisotopic (exact) mass is 518 g/mol. The molecule has 2 aliphatic rings. The number of amides is 2. The minimum Gasteiger partial charge on any atom is -0.319 e. The van der Waals surface area contributed by atoms with Crippen LogP contribution < -0.4 is 10.2 Å². The molecule has 0 spiro atoms. The lowest BCUT2D eigenvalue weighted by Gasteiger charge is -2.44. The van der Waals surface area contributed by atoms with E-state index in [2.05, 4.69) is 5.32 Å². The maximum Gasteiger partial charge on any atom is 0.416 e. The van der Waals surface area contributed by atoms with E-state index in [4.69, 9.17) is 0 Å². The maximum atomic E-state index is 13.7. The van der Waals surface area contributed by atoms with Crippen LogP contribution in [0.3, 0.4) is 0 Å². The fourth-order valence-corrected chi connectivity index (χ4v) is 5.02. The molecule has 5 rings (SSSR count). The minimum atomic E-state index is -4.64. The second-order valence-electron chi connectivity index (χ2n) is 8.80. The Balaban J connectivity index is 1.77. The summed E-state index contributed by atoms with van der Waals surface area (Å²) in [6, 6.07) is 17.0. The summed E-state index contributed by atoms with van der Waals surface area (Å²) in [5, 5.41) is 23.3. The number of non-ortho nitro benzene ring substituents is 1. The second kappa shape index (κ2) is 8.85. The predicted octanol–water partition coefficient (Wildman–Crippen LogP) is 5.58. The van der Waals surface area contributed by atoms with Crippen LogP contribution in [0.1, 0.15) is 35.1 Å². The number of nitro groups is 1. The first-order valence-electron chi connectivity index (χ1n) is 11.4. The van der Waals surface area contributed by atoms with E-state index in [9.17, 15) is 38.1 Å². The van der Waals surface area contributed by atoms with Crippen LogP contribution in [0.2, 0.25) is 0 Å². The summed E-state index contributed by atoms with van der Waals surface area (Å²) in [4.78, 5) is 38.8. The molecular formula is C27H17F3N4O4.